The maximum absolute atomic E-state index is 13.0. The van der Waals surface area contributed by atoms with Gasteiger partial charge < -0.3 is 15.0 Å². The number of H-pyrrole nitrogens is 1. The lowest BCUT2D eigenvalue weighted by molar-refractivity contribution is -0.116. The molecule has 1 aromatic heterocycles. The molecule has 7 heteroatoms. The van der Waals surface area contributed by atoms with Gasteiger partial charge >= 0.3 is 0 Å². The quantitative estimate of drug-likeness (QED) is 0.342. The number of aromatic amines is 1. The minimum atomic E-state index is -0.431. The molecule has 152 valence electrons. The van der Waals surface area contributed by atoms with Crippen molar-refractivity contribution in [3.8, 4) is 5.75 Å². The highest BCUT2D eigenvalue weighted by atomic mass is 32.2. The largest absolute Gasteiger partial charge is 0.489 e. The number of rotatable bonds is 7. The van der Waals surface area contributed by atoms with E-state index >= 15 is 0 Å². The third-order valence-electron chi connectivity index (χ3n) is 4.80. The smallest absolute Gasteiger partial charge is 0.257 e. The predicted octanol–water partition coefficient (Wildman–Crippen LogP) is 4.10. The minimum absolute atomic E-state index is 0.155. The average molecular weight is 420 g/mol. The van der Waals surface area contributed by atoms with Gasteiger partial charge in [-0.15, -0.1) is 0 Å². The molecule has 0 spiro atoms. The lowest BCUT2D eigenvalue weighted by Crippen LogP contribution is -2.31. The number of hydrogen-bond donors (Lipinski definition) is 2. The number of fused-ring (bicyclic) bond motifs is 1. The Morgan fingerprint density at radius 3 is 2.70 bits per heavy atom. The van der Waals surface area contributed by atoms with Crippen molar-refractivity contribution in [1.29, 1.82) is 0 Å². The molecule has 0 fully saturated rings. The van der Waals surface area contributed by atoms with E-state index in [4.69, 9.17) is 4.74 Å². The van der Waals surface area contributed by atoms with Crippen LogP contribution in [0.1, 0.15) is 29.0 Å². The van der Waals surface area contributed by atoms with E-state index in [1.54, 1.807) is 6.08 Å². The molecule has 1 atom stereocenters. The first-order chi connectivity index (χ1) is 14.7. The van der Waals surface area contributed by atoms with Gasteiger partial charge in [0.2, 0.25) is 5.91 Å². The van der Waals surface area contributed by atoms with Gasteiger partial charge in [-0.05, 0) is 11.6 Å². The number of hydrogen-bond acceptors (Lipinski definition) is 5. The zero-order chi connectivity index (χ0) is 20.9. The molecule has 3 aromatic rings. The Hall–Kier alpha value is -3.32. The van der Waals surface area contributed by atoms with Crippen LogP contribution < -0.4 is 15.6 Å². The first-order valence-electron chi connectivity index (χ1n) is 9.59. The molecule has 0 bridgehead atoms. The molecule has 1 aliphatic rings. The molecule has 1 aliphatic heterocycles. The molecule has 6 nitrogen and oxygen atoms in total. The van der Waals surface area contributed by atoms with Gasteiger partial charge in [0.15, 0.2) is 5.16 Å². The van der Waals surface area contributed by atoms with Crippen LogP contribution in [0.5, 0.6) is 5.75 Å². The van der Waals surface area contributed by atoms with Crippen LogP contribution in [0.4, 0.5) is 5.82 Å². The summed E-state index contributed by atoms with van der Waals surface area (Å²) in [5.74, 6) is 0.999. The molecule has 0 saturated heterocycles. The third kappa shape index (κ3) is 4.31. The highest BCUT2D eigenvalue weighted by Crippen LogP contribution is 2.38. The number of anilines is 1. The second-order valence-corrected chi connectivity index (χ2v) is 7.81. The van der Waals surface area contributed by atoms with Crippen molar-refractivity contribution in [3.05, 3.63) is 94.3 Å². The van der Waals surface area contributed by atoms with Crippen molar-refractivity contribution in [2.45, 2.75) is 23.2 Å². The molecule has 2 heterocycles. The fourth-order valence-electron chi connectivity index (χ4n) is 3.46. The summed E-state index contributed by atoms with van der Waals surface area (Å²) in [4.78, 5) is 32.8. The van der Waals surface area contributed by atoms with Crippen LogP contribution in [0.3, 0.4) is 0 Å². The van der Waals surface area contributed by atoms with E-state index < -0.39 is 5.92 Å². The summed E-state index contributed by atoms with van der Waals surface area (Å²) in [6.45, 7) is 4.01. The lowest BCUT2D eigenvalue weighted by Gasteiger charge is -2.26. The van der Waals surface area contributed by atoms with Gasteiger partial charge in [0, 0.05) is 23.7 Å². The molecule has 0 unspecified atom stereocenters. The first-order valence-corrected chi connectivity index (χ1v) is 10.6. The fraction of sp³-hybridized carbons (Fsp3) is 0.174. The van der Waals surface area contributed by atoms with Crippen LogP contribution in [0, 0.1) is 0 Å². The molecule has 0 radical (unpaired) electrons. The lowest BCUT2D eigenvalue weighted by atomic mass is 9.86. The molecule has 1 amide bonds. The number of ether oxygens (including phenoxy) is 1. The van der Waals surface area contributed by atoms with Gasteiger partial charge in [0.1, 0.15) is 18.2 Å². The van der Waals surface area contributed by atoms with Crippen molar-refractivity contribution in [3.63, 3.8) is 0 Å². The Labute approximate surface area is 178 Å². The fourth-order valence-corrected chi connectivity index (χ4v) is 4.28. The number of para-hydroxylation sites is 1. The molecule has 4 rings (SSSR count). The Morgan fingerprint density at radius 1 is 1.13 bits per heavy atom. The van der Waals surface area contributed by atoms with E-state index in [1.807, 2.05) is 54.6 Å². The van der Waals surface area contributed by atoms with E-state index in [-0.39, 0.29) is 17.9 Å². The Balaban J connectivity index is 1.67. The third-order valence-corrected chi connectivity index (χ3v) is 5.74. The average Bonchev–Trinajstić information content (AvgIpc) is 2.76. The van der Waals surface area contributed by atoms with Gasteiger partial charge in [-0.2, -0.15) is 0 Å². The molecule has 30 heavy (non-hydrogen) atoms. The number of carbonyl (C=O) groups excluding carboxylic acids is 1. The molecular weight excluding hydrogens is 398 g/mol. The second kappa shape index (κ2) is 9.00. The summed E-state index contributed by atoms with van der Waals surface area (Å²) in [6, 6.07) is 17.4. The van der Waals surface area contributed by atoms with E-state index in [0.717, 1.165) is 11.1 Å². The predicted molar refractivity (Wildman–Crippen MR) is 118 cm³/mol. The summed E-state index contributed by atoms with van der Waals surface area (Å²) in [7, 11) is 0. The number of aromatic nitrogens is 2. The summed E-state index contributed by atoms with van der Waals surface area (Å²) >= 11 is 1.42. The topological polar surface area (TPSA) is 84.1 Å². The SMILES string of the molecule is C=CCOc1ccccc1[C@@H]1CC(=O)Nc2nc(SCc3ccccc3)[nH]c(=O)c21. The second-order valence-electron chi connectivity index (χ2n) is 6.85. The van der Waals surface area contributed by atoms with Crippen molar-refractivity contribution in [1.82, 2.24) is 9.97 Å². The maximum Gasteiger partial charge on any atom is 0.257 e. The van der Waals surface area contributed by atoms with Crippen LogP contribution in [0.15, 0.2) is 77.2 Å². The molecule has 2 aromatic carbocycles. The first kappa shape index (κ1) is 20.0. The molecular formula is C23H21N3O3S. The van der Waals surface area contributed by atoms with Crippen LogP contribution in [0.2, 0.25) is 0 Å². The van der Waals surface area contributed by atoms with E-state index in [9.17, 15) is 9.59 Å². The van der Waals surface area contributed by atoms with Crippen molar-refractivity contribution in [2.75, 3.05) is 11.9 Å². The van der Waals surface area contributed by atoms with Crippen LogP contribution >= 0.6 is 11.8 Å². The number of nitrogens with one attached hydrogen (secondary N) is 2. The van der Waals surface area contributed by atoms with E-state index in [1.165, 1.54) is 11.8 Å². The number of benzene rings is 2. The molecule has 0 aliphatic carbocycles. The normalized spacial score (nSPS) is 15.2. The highest BCUT2D eigenvalue weighted by Gasteiger charge is 2.32. The standard InChI is InChI=1S/C23H21N3O3S/c1-2-12-29-18-11-7-6-10-16(18)17-13-19(27)24-21-20(17)22(28)26-23(25-21)30-14-15-8-4-3-5-9-15/h2-11,17H,1,12-14H2,(H2,24,25,26,27,28)/t17-/m0/s1. The zero-order valence-corrected chi connectivity index (χ0v) is 17.1. The summed E-state index contributed by atoms with van der Waals surface area (Å²) in [5, 5.41) is 3.23. The summed E-state index contributed by atoms with van der Waals surface area (Å²) < 4.78 is 5.75. The highest BCUT2D eigenvalue weighted by molar-refractivity contribution is 7.98. The number of amides is 1. The minimum Gasteiger partial charge on any atom is -0.489 e. The Morgan fingerprint density at radius 2 is 1.90 bits per heavy atom. The van der Waals surface area contributed by atoms with Gasteiger partial charge in [-0.25, -0.2) is 4.98 Å². The Bertz CT molecular complexity index is 1130. The summed E-state index contributed by atoms with van der Waals surface area (Å²) in [5.41, 5.74) is 2.11. The number of nitrogens with zero attached hydrogens (tertiary/aromatic N) is 1. The Kier molecular flexibility index (Phi) is 5.99. The maximum atomic E-state index is 13.0. The van der Waals surface area contributed by atoms with E-state index in [2.05, 4.69) is 21.9 Å². The van der Waals surface area contributed by atoms with Crippen LogP contribution in [-0.4, -0.2) is 22.5 Å². The van der Waals surface area contributed by atoms with Crippen molar-refractivity contribution in [2.24, 2.45) is 0 Å². The monoisotopic (exact) mass is 419 g/mol. The van der Waals surface area contributed by atoms with Crippen LogP contribution in [-0.2, 0) is 10.5 Å². The van der Waals surface area contributed by atoms with Crippen LogP contribution in [0.25, 0.3) is 0 Å². The zero-order valence-electron chi connectivity index (χ0n) is 16.3. The summed E-state index contributed by atoms with van der Waals surface area (Å²) in [6.07, 6.45) is 1.81. The molecule has 2 N–H and O–H groups in total. The number of carbonyl (C=O) groups is 1. The number of thioether (sulfide) groups is 1. The van der Waals surface area contributed by atoms with Crippen molar-refractivity contribution < 1.29 is 9.53 Å². The van der Waals surface area contributed by atoms with Gasteiger partial charge in [0.25, 0.3) is 5.56 Å². The van der Waals surface area contributed by atoms with Gasteiger partial charge in [-0.3, -0.25) is 9.59 Å². The van der Waals surface area contributed by atoms with E-state index in [0.29, 0.717) is 34.6 Å². The molecule has 0 saturated carbocycles. The van der Waals surface area contributed by atoms with Gasteiger partial charge in [-0.1, -0.05) is 72.9 Å². The van der Waals surface area contributed by atoms with Gasteiger partial charge in [0.05, 0.1) is 5.56 Å². The van der Waals surface area contributed by atoms with Crippen molar-refractivity contribution >= 4 is 23.5 Å².